The summed E-state index contributed by atoms with van der Waals surface area (Å²) in [6, 6.07) is 12.2. The third kappa shape index (κ3) is 4.10. The number of hydrogen-bond donors (Lipinski definition) is 0. The molecule has 0 bridgehead atoms. The van der Waals surface area contributed by atoms with E-state index >= 15 is 0 Å². The second-order valence-electron chi connectivity index (χ2n) is 7.79. The monoisotopic (exact) mass is 429 g/mol. The van der Waals surface area contributed by atoms with Crippen molar-refractivity contribution in [1.82, 2.24) is 4.90 Å². The Morgan fingerprint density at radius 1 is 1.13 bits per heavy atom. The number of benzene rings is 2. The molecule has 6 nitrogen and oxygen atoms in total. The molecule has 1 unspecified atom stereocenters. The number of halogens is 1. The van der Waals surface area contributed by atoms with Crippen LogP contribution in [0.2, 0.25) is 5.02 Å². The molecule has 158 valence electrons. The molecule has 4 rings (SSSR count). The van der Waals surface area contributed by atoms with Crippen LogP contribution in [0.15, 0.2) is 42.5 Å². The van der Waals surface area contributed by atoms with Crippen molar-refractivity contribution >= 4 is 23.3 Å². The highest BCUT2D eigenvalue weighted by Crippen LogP contribution is 2.40. The number of amides is 1. The third-order valence-corrected chi connectivity index (χ3v) is 6.01. The quantitative estimate of drug-likeness (QED) is 0.730. The lowest BCUT2D eigenvalue weighted by molar-refractivity contribution is -0.141. The maximum atomic E-state index is 12.8. The molecule has 1 atom stereocenters. The zero-order valence-corrected chi connectivity index (χ0v) is 17.8. The van der Waals surface area contributed by atoms with E-state index in [1.807, 2.05) is 0 Å². The molecule has 2 aliphatic heterocycles. The number of hydrogen-bond acceptors (Lipinski definition) is 5. The summed E-state index contributed by atoms with van der Waals surface area (Å²) in [6.07, 6.45) is 0.904. The van der Waals surface area contributed by atoms with Crippen LogP contribution in [0.5, 0.6) is 17.2 Å². The van der Waals surface area contributed by atoms with Crippen LogP contribution in [-0.4, -0.2) is 48.5 Å². The third-order valence-electron chi connectivity index (χ3n) is 5.76. The molecule has 2 aliphatic rings. The summed E-state index contributed by atoms with van der Waals surface area (Å²) in [5.41, 5.74) is -0.00103. The van der Waals surface area contributed by atoms with Crippen LogP contribution >= 0.6 is 11.6 Å². The molecule has 30 heavy (non-hydrogen) atoms. The number of nitrogens with zero attached hydrogens (tertiary/aromatic N) is 1. The predicted molar refractivity (Wildman–Crippen MR) is 113 cm³/mol. The fraction of sp³-hybridized carbons (Fsp3) is 0.391. The van der Waals surface area contributed by atoms with Crippen molar-refractivity contribution < 1.29 is 23.8 Å². The Kier molecular flexibility index (Phi) is 5.60. The minimum Gasteiger partial charge on any atom is -0.497 e. The fourth-order valence-corrected chi connectivity index (χ4v) is 4.16. The molecule has 1 fully saturated rings. The molecule has 0 aromatic heterocycles. The average molecular weight is 430 g/mol. The molecule has 0 aliphatic carbocycles. The number of ketones is 1. The Bertz CT molecular complexity index is 951. The van der Waals surface area contributed by atoms with Crippen LogP contribution in [-0.2, 0) is 4.79 Å². The summed E-state index contributed by atoms with van der Waals surface area (Å²) in [5.74, 6) is 1.80. The van der Waals surface area contributed by atoms with Crippen LogP contribution in [0, 0.1) is 0 Å². The Labute approximate surface area is 180 Å². The van der Waals surface area contributed by atoms with Gasteiger partial charge < -0.3 is 19.1 Å². The van der Waals surface area contributed by atoms with Crippen LogP contribution in [0.3, 0.4) is 0 Å². The summed E-state index contributed by atoms with van der Waals surface area (Å²) in [5, 5.41) is 0.615. The first-order valence-electron chi connectivity index (χ1n) is 10.0. The molecular formula is C23H24ClNO5. The highest BCUT2D eigenvalue weighted by Gasteiger charge is 2.44. The second-order valence-corrected chi connectivity index (χ2v) is 8.22. The number of ether oxygens (including phenoxy) is 3. The van der Waals surface area contributed by atoms with Gasteiger partial charge >= 0.3 is 0 Å². The van der Waals surface area contributed by atoms with Crippen LogP contribution in [0.25, 0.3) is 0 Å². The van der Waals surface area contributed by atoms with Gasteiger partial charge in [-0.2, -0.15) is 0 Å². The summed E-state index contributed by atoms with van der Waals surface area (Å²) < 4.78 is 17.2. The number of carbonyl (C=O) groups excluding carboxylic acids is 2. The molecule has 1 spiro atoms. The molecular weight excluding hydrogens is 406 g/mol. The first-order valence-corrected chi connectivity index (χ1v) is 10.4. The number of likely N-dealkylation sites (tertiary alicyclic amines) is 1. The minimum atomic E-state index is -0.609. The smallest absolute Gasteiger partial charge is 0.263 e. The van der Waals surface area contributed by atoms with Crippen molar-refractivity contribution in [3.8, 4) is 17.2 Å². The van der Waals surface area contributed by atoms with Crippen molar-refractivity contribution in [2.75, 3.05) is 20.2 Å². The number of methoxy groups -OCH3 is 1. The standard InChI is InChI=1S/C23H24ClNO5/c1-15(29-17-5-3-16(24)4-6-17)22(27)25-11-9-23(10-12-25)14-20(26)19-13-18(28-2)7-8-21(19)30-23/h3-8,13,15H,9-12,14H2,1-2H3. The number of fused-ring (bicyclic) bond motifs is 1. The highest BCUT2D eigenvalue weighted by atomic mass is 35.5. The van der Waals surface area contributed by atoms with Gasteiger partial charge in [-0.05, 0) is 49.4 Å². The normalized spacial score (nSPS) is 18.4. The van der Waals surface area contributed by atoms with Crippen molar-refractivity contribution in [1.29, 1.82) is 0 Å². The SMILES string of the molecule is COc1ccc2c(c1)C(=O)CC1(CCN(C(=O)C(C)Oc3ccc(Cl)cc3)CC1)O2. The summed E-state index contributed by atoms with van der Waals surface area (Å²) in [6.45, 7) is 2.78. The summed E-state index contributed by atoms with van der Waals surface area (Å²) in [7, 11) is 1.57. The van der Waals surface area contributed by atoms with E-state index < -0.39 is 11.7 Å². The summed E-state index contributed by atoms with van der Waals surface area (Å²) >= 11 is 5.89. The van der Waals surface area contributed by atoms with Gasteiger partial charge in [0.15, 0.2) is 11.9 Å². The lowest BCUT2D eigenvalue weighted by Gasteiger charge is -2.44. The van der Waals surface area contributed by atoms with E-state index in [0.717, 1.165) is 0 Å². The zero-order valence-electron chi connectivity index (χ0n) is 17.0. The van der Waals surface area contributed by atoms with Crippen LogP contribution < -0.4 is 14.2 Å². The van der Waals surface area contributed by atoms with Gasteiger partial charge in [-0.15, -0.1) is 0 Å². The Balaban J connectivity index is 1.38. The van der Waals surface area contributed by atoms with Crippen molar-refractivity contribution in [2.24, 2.45) is 0 Å². The average Bonchev–Trinajstić information content (AvgIpc) is 2.75. The van der Waals surface area contributed by atoms with E-state index in [0.29, 0.717) is 60.2 Å². The van der Waals surface area contributed by atoms with E-state index in [1.54, 1.807) is 61.4 Å². The predicted octanol–water partition coefficient (Wildman–Crippen LogP) is 4.14. The first kappa shape index (κ1) is 20.5. The largest absolute Gasteiger partial charge is 0.497 e. The molecule has 0 radical (unpaired) electrons. The molecule has 2 aromatic carbocycles. The summed E-state index contributed by atoms with van der Waals surface area (Å²) in [4.78, 5) is 27.3. The highest BCUT2D eigenvalue weighted by molar-refractivity contribution is 6.30. The number of piperidine rings is 1. The van der Waals surface area contributed by atoms with E-state index in [4.69, 9.17) is 25.8 Å². The van der Waals surface area contributed by atoms with Gasteiger partial charge in [0.25, 0.3) is 5.91 Å². The Morgan fingerprint density at radius 3 is 2.47 bits per heavy atom. The fourth-order valence-electron chi connectivity index (χ4n) is 4.04. The van der Waals surface area contributed by atoms with Gasteiger partial charge in [-0.3, -0.25) is 9.59 Å². The molecule has 2 heterocycles. The zero-order chi connectivity index (χ0) is 21.3. The molecule has 2 aromatic rings. The maximum Gasteiger partial charge on any atom is 0.263 e. The van der Waals surface area contributed by atoms with E-state index in [2.05, 4.69) is 0 Å². The van der Waals surface area contributed by atoms with Gasteiger partial charge in [-0.1, -0.05) is 11.6 Å². The molecule has 0 N–H and O–H groups in total. The molecule has 7 heteroatoms. The van der Waals surface area contributed by atoms with E-state index in [9.17, 15) is 9.59 Å². The van der Waals surface area contributed by atoms with Crippen molar-refractivity contribution in [2.45, 2.75) is 37.9 Å². The topological polar surface area (TPSA) is 65.1 Å². The molecule has 0 saturated carbocycles. The second kappa shape index (κ2) is 8.19. The lowest BCUT2D eigenvalue weighted by Crippen LogP contribution is -2.54. The van der Waals surface area contributed by atoms with Crippen molar-refractivity contribution in [3.63, 3.8) is 0 Å². The van der Waals surface area contributed by atoms with Crippen LogP contribution in [0.1, 0.15) is 36.5 Å². The van der Waals surface area contributed by atoms with E-state index in [1.165, 1.54) is 0 Å². The maximum absolute atomic E-state index is 12.8. The number of carbonyl (C=O) groups is 2. The van der Waals surface area contributed by atoms with E-state index in [-0.39, 0.29) is 11.7 Å². The van der Waals surface area contributed by atoms with Gasteiger partial charge in [0.1, 0.15) is 22.8 Å². The molecule has 1 amide bonds. The first-order chi connectivity index (χ1) is 14.4. The Morgan fingerprint density at radius 2 is 1.80 bits per heavy atom. The van der Waals surface area contributed by atoms with Gasteiger partial charge in [0.2, 0.25) is 0 Å². The molecule has 1 saturated heterocycles. The number of Topliss-reactive ketones (excluding diaryl/α,β-unsaturated/α-hetero) is 1. The van der Waals surface area contributed by atoms with Gasteiger partial charge in [0.05, 0.1) is 19.1 Å². The number of rotatable bonds is 4. The van der Waals surface area contributed by atoms with Crippen LogP contribution in [0.4, 0.5) is 0 Å². The minimum absolute atomic E-state index is 0.0503. The lowest BCUT2D eigenvalue weighted by atomic mass is 9.82. The van der Waals surface area contributed by atoms with Gasteiger partial charge in [0, 0.05) is 31.0 Å². The van der Waals surface area contributed by atoms with Gasteiger partial charge in [-0.25, -0.2) is 0 Å². The van der Waals surface area contributed by atoms with Crippen molar-refractivity contribution in [3.05, 3.63) is 53.1 Å². The Hall–Kier alpha value is -2.73.